The zero-order valence-electron chi connectivity index (χ0n) is 18.9. The molecule has 36 heavy (non-hydrogen) atoms. The van der Waals surface area contributed by atoms with Crippen molar-refractivity contribution in [2.45, 2.75) is 43.5 Å². The van der Waals surface area contributed by atoms with E-state index in [2.05, 4.69) is 18.1 Å². The highest BCUT2D eigenvalue weighted by Gasteiger charge is 2.43. The fourth-order valence-corrected chi connectivity index (χ4v) is 7.81. The predicted octanol–water partition coefficient (Wildman–Crippen LogP) is 0.918. The van der Waals surface area contributed by atoms with Crippen molar-refractivity contribution in [3.8, 4) is 0 Å². The molecule has 2 rings (SSSR count). The third-order valence-corrected chi connectivity index (χ3v) is 11.0. The Morgan fingerprint density at radius 1 is 1.22 bits per heavy atom. The lowest BCUT2D eigenvalue weighted by molar-refractivity contribution is -0.0543. The molecule has 208 valence electrons. The van der Waals surface area contributed by atoms with Gasteiger partial charge in [-0.2, -0.15) is 13.6 Å². The lowest BCUT2D eigenvalue weighted by Gasteiger charge is -2.23. The summed E-state index contributed by atoms with van der Waals surface area (Å²) in [5.41, 5.74) is 10.5. The van der Waals surface area contributed by atoms with Crippen LogP contribution >= 0.6 is 45.1 Å². The van der Waals surface area contributed by atoms with Crippen molar-refractivity contribution in [1.29, 1.82) is 0 Å². The van der Waals surface area contributed by atoms with Crippen LogP contribution in [-0.4, -0.2) is 65.2 Å². The van der Waals surface area contributed by atoms with E-state index in [4.69, 9.17) is 30.7 Å². The molecule has 2 unspecified atom stereocenters. The molecule has 0 aliphatic carbocycles. The Morgan fingerprint density at radius 2 is 1.89 bits per heavy atom. The Labute approximate surface area is 213 Å². The van der Waals surface area contributed by atoms with Crippen LogP contribution in [0.2, 0.25) is 0 Å². The molecule has 1 fully saturated rings. The van der Waals surface area contributed by atoms with Gasteiger partial charge in [0, 0.05) is 23.9 Å². The van der Waals surface area contributed by atoms with Crippen LogP contribution in [0.15, 0.2) is 17.1 Å². The van der Waals surface area contributed by atoms with E-state index in [1.807, 2.05) is 13.8 Å². The molecule has 0 amide bonds. The largest absolute Gasteiger partial charge is 0.490 e. The minimum absolute atomic E-state index is 0.0119. The van der Waals surface area contributed by atoms with E-state index in [0.29, 0.717) is 6.54 Å². The van der Waals surface area contributed by atoms with Crippen LogP contribution in [0.3, 0.4) is 0 Å². The average molecular weight is 616 g/mol. The van der Waals surface area contributed by atoms with Gasteiger partial charge in [-0.25, -0.2) is 18.5 Å². The summed E-state index contributed by atoms with van der Waals surface area (Å²) in [6.07, 6.45) is -1.38. The van der Waals surface area contributed by atoms with Gasteiger partial charge in [-0.3, -0.25) is 9.09 Å². The van der Waals surface area contributed by atoms with Gasteiger partial charge >= 0.3 is 29.2 Å². The molecular formula is C14H27N4O13P3S2. The Hall–Kier alpha value is -0.330. The number of rotatable bonds is 14. The molecule has 1 aromatic rings. The maximum atomic E-state index is 12.2. The number of aromatic nitrogens is 2. The lowest BCUT2D eigenvalue weighted by Crippen LogP contribution is -2.29. The molecule has 1 aliphatic rings. The summed E-state index contributed by atoms with van der Waals surface area (Å²) in [5.74, 6) is 0.123. The molecular weight excluding hydrogens is 589 g/mol. The normalized spacial score (nSPS) is 24.4. The number of anilines is 1. The van der Waals surface area contributed by atoms with E-state index in [9.17, 15) is 28.3 Å². The van der Waals surface area contributed by atoms with Crippen LogP contribution in [-0.2, 0) is 36.3 Å². The van der Waals surface area contributed by atoms with Crippen molar-refractivity contribution < 1.29 is 55.9 Å². The Bertz CT molecular complexity index is 1100. The van der Waals surface area contributed by atoms with Gasteiger partial charge < -0.3 is 40.5 Å². The van der Waals surface area contributed by atoms with Gasteiger partial charge in [-0.05, 0) is 19.9 Å². The summed E-state index contributed by atoms with van der Waals surface area (Å²) < 4.78 is 58.8. The van der Waals surface area contributed by atoms with Crippen LogP contribution in [0.25, 0.3) is 0 Å². The lowest BCUT2D eigenvalue weighted by atomic mass is 10.2. The number of nitrogens with zero attached hydrogens (tertiary/aromatic N) is 2. The monoisotopic (exact) mass is 616 g/mol. The summed E-state index contributed by atoms with van der Waals surface area (Å²) in [6.45, 7) is 3.54. The van der Waals surface area contributed by atoms with Crippen molar-refractivity contribution in [2.75, 3.05) is 24.8 Å². The van der Waals surface area contributed by atoms with Crippen molar-refractivity contribution >= 4 is 50.9 Å². The van der Waals surface area contributed by atoms with E-state index in [0.717, 1.165) is 4.57 Å². The van der Waals surface area contributed by atoms with Gasteiger partial charge in [0.05, 0.1) is 12.7 Å². The third kappa shape index (κ3) is 10.8. The van der Waals surface area contributed by atoms with E-state index in [-0.39, 0.29) is 22.9 Å². The predicted molar refractivity (Wildman–Crippen MR) is 129 cm³/mol. The molecule has 0 bridgehead atoms. The molecule has 0 radical (unpaired) electrons. The summed E-state index contributed by atoms with van der Waals surface area (Å²) in [4.78, 5) is 52.0. The molecule has 1 aliphatic heterocycles. The molecule has 1 aromatic heterocycles. The first kappa shape index (κ1) is 31.9. The molecule has 0 saturated carbocycles. The molecule has 1 saturated heterocycles. The number of phosphoric acid groups is 3. The summed E-state index contributed by atoms with van der Waals surface area (Å²) in [5, 5.41) is 0. The second-order valence-corrected chi connectivity index (χ2v) is 15.2. The smallest absolute Gasteiger partial charge is 0.383 e. The first-order valence-corrected chi connectivity index (χ1v) is 16.7. The quantitative estimate of drug-likeness (QED) is 0.0734. The maximum Gasteiger partial charge on any atom is 0.490 e. The van der Waals surface area contributed by atoms with Crippen molar-refractivity contribution in [3.05, 3.63) is 22.7 Å². The van der Waals surface area contributed by atoms with Gasteiger partial charge in [-0.15, -0.1) is 0 Å². The Morgan fingerprint density at radius 3 is 2.47 bits per heavy atom. The van der Waals surface area contributed by atoms with Crippen molar-refractivity contribution in [3.63, 3.8) is 0 Å². The van der Waals surface area contributed by atoms with Gasteiger partial charge in [0.25, 0.3) is 0 Å². The first-order valence-electron chi connectivity index (χ1n) is 9.83. The average Bonchev–Trinajstić information content (AvgIpc) is 3.10. The summed E-state index contributed by atoms with van der Waals surface area (Å²) in [6, 6.07) is 1.36. The number of nitrogen functional groups attached to an aromatic ring is 1. The number of hydrogen-bond acceptors (Lipinski definition) is 14. The molecule has 0 aromatic carbocycles. The summed E-state index contributed by atoms with van der Waals surface area (Å²) in [7, 11) is -13.8. The Balaban J connectivity index is 2.09. The van der Waals surface area contributed by atoms with Crippen molar-refractivity contribution in [1.82, 2.24) is 9.55 Å². The van der Waals surface area contributed by atoms with Crippen LogP contribution in [0, 0.1) is 0 Å². The number of nitrogens with two attached hydrogens (primary N) is 2. The zero-order valence-corrected chi connectivity index (χ0v) is 23.2. The highest BCUT2D eigenvalue weighted by Crippen LogP contribution is 2.66. The Kier molecular flexibility index (Phi) is 11.2. The fraction of sp³-hybridized carbons (Fsp3) is 0.714. The SMILES string of the molecule is CC(C)(CN)SSCO[C@@H]1C[C@H](n2ccc(N)nc2=O)O[C@@H]1COP(=O)(O)OP(=O)(O)OP(=O)(O)O. The molecule has 22 heteroatoms. The maximum absolute atomic E-state index is 12.2. The van der Waals surface area contributed by atoms with E-state index in [1.165, 1.54) is 33.9 Å². The minimum atomic E-state index is -5.68. The second kappa shape index (κ2) is 12.7. The molecule has 0 spiro atoms. The standard InChI is InChI=1S/C14H27N4O13P3S2/c1-14(2,7-15)36-35-8-27-9-5-12(18-4-3-11(16)17-13(18)19)29-10(9)6-28-33(23,24)31-34(25,26)30-32(20,21)22/h3-4,9-10,12H,5-8,15H2,1-2H3,(H,23,24)(H,25,26)(H2,16,17,19)(H2,20,21,22)/t9-,10-,12-/m1/s1. The first-order chi connectivity index (χ1) is 16.4. The fourth-order valence-electron chi connectivity index (χ4n) is 2.65. The van der Waals surface area contributed by atoms with Gasteiger partial charge in [0.1, 0.15) is 24.1 Å². The molecule has 2 heterocycles. The van der Waals surface area contributed by atoms with Gasteiger partial charge in [0.2, 0.25) is 0 Å². The molecule has 5 atom stereocenters. The van der Waals surface area contributed by atoms with Crippen LogP contribution in [0.5, 0.6) is 0 Å². The minimum Gasteiger partial charge on any atom is -0.383 e. The highest BCUT2D eigenvalue weighted by molar-refractivity contribution is 8.77. The third-order valence-electron chi connectivity index (χ3n) is 4.27. The number of ether oxygens (including phenoxy) is 2. The van der Waals surface area contributed by atoms with Crippen LogP contribution < -0.4 is 17.2 Å². The van der Waals surface area contributed by atoms with Crippen LogP contribution in [0.4, 0.5) is 5.82 Å². The zero-order chi connectivity index (χ0) is 27.4. The topological polar surface area (TPSA) is 265 Å². The number of phosphoric ester groups is 1. The van der Waals surface area contributed by atoms with Crippen LogP contribution in [0.1, 0.15) is 26.5 Å². The molecule has 8 N–H and O–H groups in total. The van der Waals surface area contributed by atoms with E-state index in [1.54, 1.807) is 0 Å². The van der Waals surface area contributed by atoms with Gasteiger partial charge in [0.15, 0.2) is 0 Å². The number of hydrogen-bond donors (Lipinski definition) is 6. The summed E-state index contributed by atoms with van der Waals surface area (Å²) >= 11 is 0. The van der Waals surface area contributed by atoms with Gasteiger partial charge in [-0.1, -0.05) is 21.6 Å². The van der Waals surface area contributed by atoms with Crippen molar-refractivity contribution in [2.24, 2.45) is 5.73 Å². The van der Waals surface area contributed by atoms with E-state index >= 15 is 0 Å². The highest BCUT2D eigenvalue weighted by atomic mass is 33.1. The molecule has 17 nitrogen and oxygen atoms in total. The second-order valence-electron chi connectivity index (χ2n) is 7.78. The van der Waals surface area contributed by atoms with E-state index < -0.39 is 54.2 Å².